The zero-order valence-electron chi connectivity index (χ0n) is 21.5. The van der Waals surface area contributed by atoms with Crippen LogP contribution in [0.2, 0.25) is 0 Å². The second kappa shape index (κ2) is 11.1. The zero-order chi connectivity index (χ0) is 25.9. The number of piperazine rings is 1. The van der Waals surface area contributed by atoms with E-state index in [1.807, 2.05) is 56.0 Å². The highest BCUT2D eigenvalue weighted by molar-refractivity contribution is 9.10. The molecule has 2 aromatic rings. The summed E-state index contributed by atoms with van der Waals surface area (Å²) in [5.41, 5.74) is 2.73. The lowest BCUT2D eigenvalue weighted by Crippen LogP contribution is -2.56. The first-order valence-corrected chi connectivity index (χ1v) is 13.4. The summed E-state index contributed by atoms with van der Waals surface area (Å²) in [4.78, 5) is 29.2. The molecule has 2 amide bonds. The van der Waals surface area contributed by atoms with Gasteiger partial charge in [0.05, 0.1) is 17.8 Å². The molecule has 4 rings (SSSR count). The Morgan fingerprint density at radius 3 is 2.36 bits per heavy atom. The minimum Gasteiger partial charge on any atom is -0.445 e. The number of carbonyl (C=O) groups is 2. The summed E-state index contributed by atoms with van der Waals surface area (Å²) < 4.78 is 12.0. The quantitative estimate of drug-likeness (QED) is 0.466. The van der Waals surface area contributed by atoms with Crippen LogP contribution in [0.3, 0.4) is 0 Å². The molecule has 1 N–H and O–H groups in total. The lowest BCUT2D eigenvalue weighted by molar-refractivity contribution is 0.0123. The van der Waals surface area contributed by atoms with Crippen molar-refractivity contribution in [1.29, 1.82) is 0 Å². The Kier molecular flexibility index (Phi) is 8.13. The van der Waals surface area contributed by atoms with E-state index in [4.69, 9.17) is 9.47 Å². The molecule has 2 aliphatic heterocycles. The van der Waals surface area contributed by atoms with E-state index in [9.17, 15) is 9.59 Å². The third-order valence-electron chi connectivity index (χ3n) is 6.73. The Morgan fingerprint density at radius 1 is 1.08 bits per heavy atom. The number of amides is 2. The lowest BCUT2D eigenvalue weighted by atomic mass is 10.0. The zero-order valence-corrected chi connectivity index (χ0v) is 23.1. The summed E-state index contributed by atoms with van der Waals surface area (Å²) >= 11 is 3.77. The van der Waals surface area contributed by atoms with Crippen LogP contribution in [-0.2, 0) is 16.1 Å². The number of halogens is 1. The van der Waals surface area contributed by atoms with E-state index in [0.29, 0.717) is 6.54 Å². The molecule has 8 heteroatoms. The van der Waals surface area contributed by atoms with Crippen molar-refractivity contribution in [3.8, 4) is 0 Å². The first-order valence-electron chi connectivity index (χ1n) is 12.6. The first kappa shape index (κ1) is 26.3. The van der Waals surface area contributed by atoms with Crippen LogP contribution in [0.4, 0.5) is 15.3 Å². The van der Waals surface area contributed by atoms with Gasteiger partial charge in [-0.25, -0.2) is 9.59 Å². The van der Waals surface area contributed by atoms with Crippen molar-refractivity contribution in [2.45, 2.75) is 70.7 Å². The van der Waals surface area contributed by atoms with Crippen molar-refractivity contribution >= 4 is 33.8 Å². The number of nitrogens with one attached hydrogen (secondary N) is 1. The number of hydrogen-bond acceptors (Lipinski definition) is 5. The Bertz CT molecular complexity index is 1060. The molecule has 36 heavy (non-hydrogen) atoms. The molecule has 2 fully saturated rings. The standard InChI is InChI=1S/C28H36BrN3O4/c1-19(15-30-26(33)35-18-20-8-6-5-7-9-20)21-10-13-25(24(29)14-21)31-16-22-11-12-23(17-31)32(22)27(34)36-28(2,3)4/h5-10,13-14,19,22-23H,11-12,15-18H2,1-4H3,(H,30,33). The third kappa shape index (κ3) is 6.52. The fourth-order valence-electron chi connectivity index (χ4n) is 4.93. The molecule has 194 valence electrons. The van der Waals surface area contributed by atoms with Gasteiger partial charge in [0.2, 0.25) is 0 Å². The maximum Gasteiger partial charge on any atom is 0.410 e. The highest BCUT2D eigenvalue weighted by Gasteiger charge is 2.44. The maximum absolute atomic E-state index is 12.8. The van der Waals surface area contributed by atoms with Gasteiger partial charge < -0.3 is 19.7 Å². The van der Waals surface area contributed by atoms with Crippen LogP contribution in [0.1, 0.15) is 57.6 Å². The van der Waals surface area contributed by atoms with Gasteiger partial charge in [-0.2, -0.15) is 0 Å². The number of rotatable bonds is 6. The monoisotopic (exact) mass is 557 g/mol. The topological polar surface area (TPSA) is 71.1 Å². The van der Waals surface area contributed by atoms with Gasteiger partial charge >= 0.3 is 12.2 Å². The molecule has 2 heterocycles. The second-order valence-electron chi connectivity index (χ2n) is 10.7. The lowest BCUT2D eigenvalue weighted by Gasteiger charge is -2.42. The Labute approximate surface area is 222 Å². The molecular formula is C28H36BrN3O4. The van der Waals surface area contributed by atoms with Gasteiger partial charge in [0.15, 0.2) is 0 Å². The van der Waals surface area contributed by atoms with Crippen LogP contribution >= 0.6 is 15.9 Å². The molecule has 0 saturated carbocycles. The number of nitrogens with zero attached hydrogens (tertiary/aromatic N) is 2. The second-order valence-corrected chi connectivity index (χ2v) is 11.6. The third-order valence-corrected chi connectivity index (χ3v) is 7.37. The van der Waals surface area contributed by atoms with Crippen LogP contribution in [0.5, 0.6) is 0 Å². The van der Waals surface area contributed by atoms with Crippen LogP contribution in [-0.4, -0.2) is 54.4 Å². The van der Waals surface area contributed by atoms with Crippen LogP contribution in [0.25, 0.3) is 0 Å². The van der Waals surface area contributed by atoms with Crippen LogP contribution in [0.15, 0.2) is 53.0 Å². The summed E-state index contributed by atoms with van der Waals surface area (Å²) in [7, 11) is 0. The largest absolute Gasteiger partial charge is 0.445 e. The normalized spacial score (nSPS) is 20.1. The van der Waals surface area contributed by atoms with Crippen molar-refractivity contribution in [2.24, 2.45) is 0 Å². The average Bonchev–Trinajstić information content (AvgIpc) is 3.10. The van der Waals surface area contributed by atoms with E-state index in [1.165, 1.54) is 0 Å². The van der Waals surface area contributed by atoms with Gasteiger partial charge in [0.25, 0.3) is 0 Å². The number of anilines is 1. The van der Waals surface area contributed by atoms with Gasteiger partial charge in [-0.15, -0.1) is 0 Å². The molecule has 7 nitrogen and oxygen atoms in total. The van der Waals surface area contributed by atoms with E-state index < -0.39 is 11.7 Å². The van der Waals surface area contributed by atoms with Crippen LogP contribution < -0.4 is 10.2 Å². The summed E-state index contributed by atoms with van der Waals surface area (Å²) in [5, 5.41) is 2.86. The van der Waals surface area contributed by atoms with Crippen molar-refractivity contribution in [1.82, 2.24) is 10.2 Å². The number of ether oxygens (including phenoxy) is 2. The highest BCUT2D eigenvalue weighted by atomic mass is 79.9. The van der Waals surface area contributed by atoms with Gasteiger partial charge in [-0.3, -0.25) is 4.90 Å². The maximum atomic E-state index is 12.8. The molecule has 2 bridgehead atoms. The summed E-state index contributed by atoms with van der Waals surface area (Å²) in [6.07, 6.45) is 1.38. The Balaban J connectivity index is 1.31. The molecule has 0 aromatic heterocycles. The van der Waals surface area contributed by atoms with E-state index in [2.05, 4.69) is 51.3 Å². The van der Waals surface area contributed by atoms with Gasteiger partial charge in [-0.1, -0.05) is 43.3 Å². The molecule has 3 unspecified atom stereocenters. The van der Waals surface area contributed by atoms with E-state index in [0.717, 1.165) is 47.2 Å². The predicted octanol–water partition coefficient (Wildman–Crippen LogP) is 6.07. The molecule has 0 radical (unpaired) electrons. The highest BCUT2D eigenvalue weighted by Crippen LogP contribution is 2.37. The van der Waals surface area contributed by atoms with Gasteiger partial charge in [-0.05, 0) is 78.7 Å². The Morgan fingerprint density at radius 2 is 1.75 bits per heavy atom. The Hall–Kier alpha value is -2.74. The molecule has 2 aromatic carbocycles. The average molecular weight is 559 g/mol. The summed E-state index contributed by atoms with van der Waals surface area (Å²) in [6.45, 7) is 10.1. The minimum absolute atomic E-state index is 0.125. The van der Waals surface area contributed by atoms with E-state index in [-0.39, 0.29) is 30.7 Å². The van der Waals surface area contributed by atoms with Crippen molar-refractivity contribution in [3.63, 3.8) is 0 Å². The summed E-state index contributed by atoms with van der Waals surface area (Å²) in [5.74, 6) is 0.125. The number of alkyl carbamates (subject to hydrolysis) is 1. The first-order chi connectivity index (χ1) is 17.1. The van der Waals surface area contributed by atoms with E-state index >= 15 is 0 Å². The predicted molar refractivity (Wildman–Crippen MR) is 144 cm³/mol. The SMILES string of the molecule is CC(CNC(=O)OCc1ccccc1)c1ccc(N2CC3CCC(C2)N3C(=O)OC(C)(C)C)c(Br)c1. The molecule has 2 saturated heterocycles. The fourth-order valence-corrected chi connectivity index (χ4v) is 5.57. The molecule has 2 aliphatic rings. The number of carbonyl (C=O) groups excluding carboxylic acids is 2. The number of benzene rings is 2. The van der Waals surface area contributed by atoms with Gasteiger partial charge in [0, 0.05) is 24.1 Å². The number of hydrogen-bond donors (Lipinski definition) is 1. The molecule has 0 aliphatic carbocycles. The number of fused-ring (bicyclic) bond motifs is 2. The molecule has 3 atom stereocenters. The molecular weight excluding hydrogens is 522 g/mol. The van der Waals surface area contributed by atoms with Gasteiger partial charge in [0.1, 0.15) is 12.2 Å². The minimum atomic E-state index is -0.489. The summed E-state index contributed by atoms with van der Waals surface area (Å²) in [6, 6.07) is 16.3. The molecule has 0 spiro atoms. The van der Waals surface area contributed by atoms with Crippen molar-refractivity contribution in [2.75, 3.05) is 24.5 Å². The fraction of sp³-hybridized carbons (Fsp3) is 0.500. The van der Waals surface area contributed by atoms with Crippen LogP contribution in [0, 0.1) is 0 Å². The van der Waals surface area contributed by atoms with Crippen molar-refractivity contribution in [3.05, 3.63) is 64.1 Å². The van der Waals surface area contributed by atoms with Crippen molar-refractivity contribution < 1.29 is 19.1 Å². The smallest absolute Gasteiger partial charge is 0.410 e. The van der Waals surface area contributed by atoms with E-state index in [1.54, 1.807) is 0 Å².